The van der Waals surface area contributed by atoms with E-state index in [4.69, 9.17) is 4.74 Å². The van der Waals surface area contributed by atoms with E-state index in [1.165, 1.54) is 35.2 Å². The SMILES string of the molecule is C=CCNC(=O)C(=O)C(CCC)NC(=O)[C@@H]1[C@@H](C(C)C)CCN1C(=O)[C@@H](NC(=O)N[C@H](C(=O)OCc1ccc(F)cc1)C(C)C)C(C)(C)C. The molecule has 1 aromatic carbocycles. The fourth-order valence-corrected chi connectivity index (χ4v) is 5.77. The topological polar surface area (TPSA) is 163 Å². The average Bonchev–Trinajstić information content (AvgIpc) is 3.49. The molecule has 1 unspecified atom stereocenters. The van der Waals surface area contributed by atoms with Crippen LogP contribution in [0.15, 0.2) is 36.9 Å². The number of amides is 5. The van der Waals surface area contributed by atoms with Crippen LogP contribution in [0.25, 0.3) is 0 Å². The highest BCUT2D eigenvalue weighted by atomic mass is 19.1. The second-order valence-corrected chi connectivity index (χ2v) is 14.3. The number of esters is 1. The third-order valence-corrected chi connectivity index (χ3v) is 8.58. The van der Waals surface area contributed by atoms with E-state index in [2.05, 4.69) is 27.8 Å². The molecule has 1 heterocycles. The zero-order valence-electron chi connectivity index (χ0n) is 30.1. The van der Waals surface area contributed by atoms with Crippen LogP contribution in [-0.4, -0.2) is 77.7 Å². The van der Waals surface area contributed by atoms with Crippen molar-refractivity contribution >= 4 is 35.5 Å². The largest absolute Gasteiger partial charge is 0.459 e. The van der Waals surface area contributed by atoms with Crippen molar-refractivity contribution in [2.24, 2.45) is 23.2 Å². The first kappa shape index (κ1) is 40.9. The Balaban J connectivity index is 2.26. The maximum atomic E-state index is 14.3. The number of ether oxygens (including phenoxy) is 1. The number of rotatable bonds is 16. The zero-order valence-corrected chi connectivity index (χ0v) is 30.1. The summed E-state index contributed by atoms with van der Waals surface area (Å²) < 4.78 is 18.6. The van der Waals surface area contributed by atoms with Crippen LogP contribution in [0.5, 0.6) is 0 Å². The number of carbonyl (C=O) groups is 6. The van der Waals surface area contributed by atoms with E-state index in [1.54, 1.807) is 34.6 Å². The third-order valence-electron chi connectivity index (χ3n) is 8.58. The van der Waals surface area contributed by atoms with E-state index in [0.717, 1.165) is 0 Å². The van der Waals surface area contributed by atoms with Crippen molar-refractivity contribution in [1.82, 2.24) is 26.2 Å². The Hall–Kier alpha value is -4.29. The van der Waals surface area contributed by atoms with Gasteiger partial charge in [0.2, 0.25) is 17.6 Å². The fourth-order valence-electron chi connectivity index (χ4n) is 5.77. The van der Waals surface area contributed by atoms with E-state index >= 15 is 0 Å². The molecule has 1 saturated heterocycles. The van der Waals surface area contributed by atoms with Crippen LogP contribution in [0.2, 0.25) is 0 Å². The van der Waals surface area contributed by atoms with E-state index in [0.29, 0.717) is 18.4 Å². The molecule has 1 fully saturated rings. The molecule has 0 saturated carbocycles. The Morgan fingerprint density at radius 1 is 1.02 bits per heavy atom. The number of carbonyl (C=O) groups excluding carboxylic acids is 6. The Kier molecular flexibility index (Phi) is 15.4. The summed E-state index contributed by atoms with van der Waals surface area (Å²) in [6.07, 6.45) is 2.72. The molecule has 12 nitrogen and oxygen atoms in total. The van der Waals surface area contributed by atoms with Gasteiger partial charge in [0, 0.05) is 13.1 Å². The van der Waals surface area contributed by atoms with Crippen molar-refractivity contribution in [3.05, 3.63) is 48.3 Å². The van der Waals surface area contributed by atoms with Gasteiger partial charge in [-0.05, 0) is 53.7 Å². The molecule has 2 rings (SSSR count). The molecular weight excluding hydrogens is 633 g/mol. The van der Waals surface area contributed by atoms with Gasteiger partial charge in [-0.15, -0.1) is 6.58 Å². The Labute approximate surface area is 289 Å². The smallest absolute Gasteiger partial charge is 0.329 e. The van der Waals surface area contributed by atoms with Crippen molar-refractivity contribution in [3.63, 3.8) is 0 Å². The van der Waals surface area contributed by atoms with Crippen LogP contribution < -0.4 is 21.3 Å². The van der Waals surface area contributed by atoms with E-state index < -0.39 is 70.9 Å². The number of benzene rings is 1. The molecule has 1 aliphatic heterocycles. The molecule has 0 aliphatic carbocycles. The van der Waals surface area contributed by atoms with Crippen molar-refractivity contribution in [2.45, 2.75) is 105 Å². The van der Waals surface area contributed by atoms with Gasteiger partial charge in [-0.1, -0.05) is 80.0 Å². The highest BCUT2D eigenvalue weighted by Gasteiger charge is 2.47. The number of Topliss-reactive ketones (excluding diaryl/α,β-unsaturated/α-hetero) is 1. The number of hydrogen-bond acceptors (Lipinski definition) is 7. The number of nitrogens with zero attached hydrogens (tertiary/aromatic N) is 1. The highest BCUT2D eigenvalue weighted by molar-refractivity contribution is 6.38. The lowest BCUT2D eigenvalue weighted by Gasteiger charge is -2.37. The third kappa shape index (κ3) is 11.7. The molecule has 272 valence electrons. The maximum Gasteiger partial charge on any atom is 0.329 e. The monoisotopic (exact) mass is 687 g/mol. The van der Waals surface area contributed by atoms with Crippen LogP contribution in [0.1, 0.15) is 80.2 Å². The standard InChI is InChI=1S/C36H54FN5O7/c1-10-12-26(29(43)32(45)38-18-11-2)39-31(44)28-25(21(3)4)17-19-42(28)33(46)30(36(7,8)9)41-35(48)40-27(22(5)6)34(47)49-20-23-13-15-24(37)16-14-23/h11,13-16,21-22,25-28,30H,2,10,12,17-20H2,1,3-9H3,(H,38,45)(H,39,44)(H2,40,41,48)/t25-,26?,27+,28+,30-/m1/s1. The molecule has 0 bridgehead atoms. The van der Waals surface area contributed by atoms with Gasteiger partial charge in [0.05, 0.1) is 6.04 Å². The van der Waals surface area contributed by atoms with Crippen LogP contribution >= 0.6 is 0 Å². The molecule has 0 spiro atoms. The minimum Gasteiger partial charge on any atom is -0.459 e. The minimum absolute atomic E-state index is 0.00170. The lowest BCUT2D eigenvalue weighted by molar-refractivity contribution is -0.148. The lowest BCUT2D eigenvalue weighted by atomic mass is 9.84. The van der Waals surface area contributed by atoms with Gasteiger partial charge in [-0.3, -0.25) is 19.2 Å². The first-order valence-electron chi connectivity index (χ1n) is 16.9. The van der Waals surface area contributed by atoms with Gasteiger partial charge >= 0.3 is 12.0 Å². The van der Waals surface area contributed by atoms with Crippen LogP contribution in [0.4, 0.5) is 9.18 Å². The molecule has 49 heavy (non-hydrogen) atoms. The predicted octanol–water partition coefficient (Wildman–Crippen LogP) is 3.64. The molecule has 13 heteroatoms. The summed E-state index contributed by atoms with van der Waals surface area (Å²) in [7, 11) is 0. The fraction of sp³-hybridized carbons (Fsp3) is 0.611. The molecule has 1 aliphatic rings. The van der Waals surface area contributed by atoms with Gasteiger partial charge < -0.3 is 30.9 Å². The molecule has 1 aromatic rings. The molecule has 5 amide bonds. The maximum absolute atomic E-state index is 14.3. The summed E-state index contributed by atoms with van der Waals surface area (Å²) in [5.74, 6) is -4.38. The minimum atomic E-state index is -1.10. The predicted molar refractivity (Wildman–Crippen MR) is 183 cm³/mol. The molecule has 5 atom stereocenters. The molecule has 4 N–H and O–H groups in total. The summed E-state index contributed by atoms with van der Waals surface area (Å²) in [4.78, 5) is 81.3. The molecule has 0 aromatic heterocycles. The van der Waals surface area contributed by atoms with Gasteiger partial charge in [0.1, 0.15) is 30.5 Å². The van der Waals surface area contributed by atoms with Gasteiger partial charge in [0.15, 0.2) is 0 Å². The Morgan fingerprint density at radius 3 is 2.18 bits per heavy atom. The van der Waals surface area contributed by atoms with E-state index in [-0.39, 0.29) is 43.9 Å². The summed E-state index contributed by atoms with van der Waals surface area (Å²) in [6, 6.07) is 0.536. The number of nitrogens with one attached hydrogen (secondary N) is 4. The summed E-state index contributed by atoms with van der Waals surface area (Å²) in [6.45, 7) is 18.3. The van der Waals surface area contributed by atoms with Crippen LogP contribution in [0.3, 0.4) is 0 Å². The van der Waals surface area contributed by atoms with Crippen LogP contribution in [-0.2, 0) is 35.3 Å². The average molecular weight is 688 g/mol. The first-order valence-corrected chi connectivity index (χ1v) is 16.9. The van der Waals surface area contributed by atoms with Crippen LogP contribution in [0, 0.1) is 29.0 Å². The summed E-state index contributed by atoms with van der Waals surface area (Å²) in [5, 5.41) is 10.6. The Bertz CT molecular complexity index is 1340. The Morgan fingerprint density at radius 2 is 1.65 bits per heavy atom. The first-order chi connectivity index (χ1) is 22.9. The highest BCUT2D eigenvalue weighted by Crippen LogP contribution is 2.33. The number of hydrogen-bond donors (Lipinski definition) is 4. The van der Waals surface area contributed by atoms with E-state index in [9.17, 15) is 33.2 Å². The van der Waals surface area contributed by atoms with Crippen molar-refractivity contribution < 1.29 is 37.9 Å². The summed E-state index contributed by atoms with van der Waals surface area (Å²) in [5.41, 5.74) is -0.239. The van der Waals surface area contributed by atoms with E-state index in [1.807, 2.05) is 20.8 Å². The van der Waals surface area contributed by atoms with Crippen molar-refractivity contribution in [1.29, 1.82) is 0 Å². The van der Waals surface area contributed by atoms with Gasteiger partial charge in [-0.2, -0.15) is 0 Å². The number of halogens is 1. The quantitative estimate of drug-likeness (QED) is 0.117. The zero-order chi connectivity index (χ0) is 37.1. The lowest BCUT2D eigenvalue weighted by Crippen LogP contribution is -2.62. The second kappa shape index (κ2) is 18.5. The van der Waals surface area contributed by atoms with Gasteiger partial charge in [0.25, 0.3) is 5.91 Å². The summed E-state index contributed by atoms with van der Waals surface area (Å²) >= 11 is 0. The molecule has 0 radical (unpaired) electrons. The van der Waals surface area contributed by atoms with Gasteiger partial charge in [-0.25, -0.2) is 14.0 Å². The van der Waals surface area contributed by atoms with Crippen molar-refractivity contribution in [3.8, 4) is 0 Å². The molecular formula is C36H54FN5O7. The number of likely N-dealkylation sites (tertiary alicyclic amines) is 1. The normalized spacial score (nSPS) is 17.9. The van der Waals surface area contributed by atoms with Crippen molar-refractivity contribution in [2.75, 3.05) is 13.1 Å². The number of ketones is 1. The number of urea groups is 1. The second-order valence-electron chi connectivity index (χ2n) is 14.3.